The second-order valence-electron chi connectivity index (χ2n) is 5.56. The molecular weight excluding hydrogens is 238 g/mol. The average molecular weight is 259 g/mol. The SMILES string of the molecule is NC(=O)N1CCC(NC2CCc3ccccc32)CC1. The summed E-state index contributed by atoms with van der Waals surface area (Å²) in [6.45, 7) is 1.56. The number of nitrogens with zero attached hydrogens (tertiary/aromatic N) is 1. The van der Waals surface area contributed by atoms with E-state index in [1.807, 2.05) is 0 Å². The molecule has 1 aliphatic heterocycles. The fraction of sp³-hybridized carbons (Fsp3) is 0.533. The standard InChI is InChI=1S/C15H21N3O/c16-15(19)18-9-7-12(8-10-18)17-14-6-5-11-3-1-2-4-13(11)14/h1-4,12,14,17H,5-10H2,(H2,16,19). The topological polar surface area (TPSA) is 58.4 Å². The number of benzene rings is 1. The summed E-state index contributed by atoms with van der Waals surface area (Å²) in [6, 6.07) is 9.41. The number of hydrogen-bond donors (Lipinski definition) is 2. The Labute approximate surface area is 114 Å². The molecule has 1 saturated heterocycles. The first-order valence-corrected chi connectivity index (χ1v) is 7.12. The number of carbonyl (C=O) groups is 1. The number of nitrogens with two attached hydrogens (primary N) is 1. The van der Waals surface area contributed by atoms with E-state index in [4.69, 9.17) is 5.73 Å². The smallest absolute Gasteiger partial charge is 0.314 e. The fourth-order valence-electron chi connectivity index (χ4n) is 3.28. The maximum absolute atomic E-state index is 11.1. The van der Waals surface area contributed by atoms with Crippen LogP contribution in [0.2, 0.25) is 0 Å². The van der Waals surface area contributed by atoms with E-state index in [2.05, 4.69) is 29.6 Å². The normalized spacial score (nSPS) is 23.4. The number of likely N-dealkylation sites (tertiary alicyclic amines) is 1. The lowest BCUT2D eigenvalue weighted by molar-refractivity contribution is 0.182. The van der Waals surface area contributed by atoms with Crippen LogP contribution in [0.5, 0.6) is 0 Å². The number of fused-ring (bicyclic) bond motifs is 1. The number of nitrogens with one attached hydrogen (secondary N) is 1. The molecule has 0 saturated carbocycles. The van der Waals surface area contributed by atoms with Gasteiger partial charge >= 0.3 is 6.03 Å². The van der Waals surface area contributed by atoms with Gasteiger partial charge in [-0.25, -0.2) is 4.79 Å². The molecule has 2 amide bonds. The number of hydrogen-bond acceptors (Lipinski definition) is 2. The average Bonchev–Trinajstić information content (AvgIpc) is 2.83. The zero-order valence-corrected chi connectivity index (χ0v) is 11.1. The molecule has 2 aliphatic rings. The minimum Gasteiger partial charge on any atom is -0.351 e. The van der Waals surface area contributed by atoms with Gasteiger partial charge in [-0.1, -0.05) is 24.3 Å². The first kappa shape index (κ1) is 12.5. The molecule has 0 spiro atoms. The van der Waals surface area contributed by atoms with Crippen LogP contribution in [-0.4, -0.2) is 30.1 Å². The molecule has 1 aromatic carbocycles. The van der Waals surface area contributed by atoms with Crippen molar-refractivity contribution in [3.05, 3.63) is 35.4 Å². The highest BCUT2D eigenvalue weighted by molar-refractivity contribution is 5.72. The second-order valence-corrected chi connectivity index (χ2v) is 5.56. The molecule has 1 fully saturated rings. The van der Waals surface area contributed by atoms with E-state index in [-0.39, 0.29) is 6.03 Å². The summed E-state index contributed by atoms with van der Waals surface area (Å²) in [5.41, 5.74) is 8.25. The van der Waals surface area contributed by atoms with Crippen molar-refractivity contribution in [1.29, 1.82) is 0 Å². The highest BCUT2D eigenvalue weighted by Gasteiger charge is 2.27. The van der Waals surface area contributed by atoms with Crippen molar-refractivity contribution in [3.8, 4) is 0 Å². The van der Waals surface area contributed by atoms with Crippen molar-refractivity contribution in [2.75, 3.05) is 13.1 Å². The van der Waals surface area contributed by atoms with Crippen LogP contribution in [0.1, 0.15) is 36.4 Å². The van der Waals surface area contributed by atoms with Crippen molar-refractivity contribution < 1.29 is 4.79 Å². The maximum Gasteiger partial charge on any atom is 0.314 e. The molecule has 0 radical (unpaired) electrons. The Balaban J connectivity index is 1.58. The zero-order valence-electron chi connectivity index (χ0n) is 11.1. The fourth-order valence-corrected chi connectivity index (χ4v) is 3.28. The molecule has 1 atom stereocenters. The summed E-state index contributed by atoms with van der Waals surface area (Å²) in [5.74, 6) is 0. The van der Waals surface area contributed by atoms with Crippen molar-refractivity contribution in [2.24, 2.45) is 5.73 Å². The summed E-state index contributed by atoms with van der Waals surface area (Å²) in [4.78, 5) is 12.8. The van der Waals surface area contributed by atoms with Gasteiger partial charge in [-0.15, -0.1) is 0 Å². The number of primary amides is 1. The number of piperidine rings is 1. The Morgan fingerprint density at radius 1 is 1.21 bits per heavy atom. The molecule has 19 heavy (non-hydrogen) atoms. The summed E-state index contributed by atoms with van der Waals surface area (Å²) < 4.78 is 0. The number of amides is 2. The molecule has 4 nitrogen and oxygen atoms in total. The predicted molar refractivity (Wildman–Crippen MR) is 74.8 cm³/mol. The molecule has 0 bridgehead atoms. The van der Waals surface area contributed by atoms with Crippen LogP contribution in [0.4, 0.5) is 4.79 Å². The molecule has 1 unspecified atom stereocenters. The number of carbonyl (C=O) groups excluding carboxylic acids is 1. The van der Waals surface area contributed by atoms with E-state index >= 15 is 0 Å². The van der Waals surface area contributed by atoms with Crippen LogP contribution in [0.15, 0.2) is 24.3 Å². The molecule has 102 valence electrons. The third-order valence-electron chi connectivity index (χ3n) is 4.38. The van der Waals surface area contributed by atoms with E-state index in [1.54, 1.807) is 4.90 Å². The first-order chi connectivity index (χ1) is 9.24. The molecule has 1 aromatic rings. The highest BCUT2D eigenvalue weighted by Crippen LogP contribution is 2.31. The Hall–Kier alpha value is -1.55. The largest absolute Gasteiger partial charge is 0.351 e. The molecule has 1 heterocycles. The Kier molecular flexibility index (Phi) is 3.42. The number of aryl methyl sites for hydroxylation is 1. The van der Waals surface area contributed by atoms with E-state index in [1.165, 1.54) is 24.0 Å². The van der Waals surface area contributed by atoms with E-state index in [0.29, 0.717) is 12.1 Å². The zero-order chi connectivity index (χ0) is 13.2. The van der Waals surface area contributed by atoms with Gasteiger partial charge in [0.1, 0.15) is 0 Å². The maximum atomic E-state index is 11.1. The molecule has 1 aliphatic carbocycles. The van der Waals surface area contributed by atoms with Crippen LogP contribution in [0.3, 0.4) is 0 Å². The van der Waals surface area contributed by atoms with Gasteiger partial charge in [0.2, 0.25) is 0 Å². The van der Waals surface area contributed by atoms with Crippen LogP contribution in [-0.2, 0) is 6.42 Å². The van der Waals surface area contributed by atoms with Gasteiger partial charge in [-0.2, -0.15) is 0 Å². The molecule has 3 N–H and O–H groups in total. The Morgan fingerprint density at radius 2 is 1.95 bits per heavy atom. The van der Waals surface area contributed by atoms with Crippen molar-refractivity contribution in [1.82, 2.24) is 10.2 Å². The van der Waals surface area contributed by atoms with Crippen LogP contribution >= 0.6 is 0 Å². The van der Waals surface area contributed by atoms with Gasteiger partial charge in [0.05, 0.1) is 0 Å². The summed E-state index contributed by atoms with van der Waals surface area (Å²) in [5, 5.41) is 3.75. The second kappa shape index (κ2) is 5.21. The molecule has 3 rings (SSSR count). The summed E-state index contributed by atoms with van der Waals surface area (Å²) in [7, 11) is 0. The molecular formula is C15H21N3O. The first-order valence-electron chi connectivity index (χ1n) is 7.12. The van der Waals surface area contributed by atoms with E-state index < -0.39 is 0 Å². The van der Waals surface area contributed by atoms with Gasteiger partial charge in [0.25, 0.3) is 0 Å². The van der Waals surface area contributed by atoms with Crippen molar-refractivity contribution in [2.45, 2.75) is 37.8 Å². The highest BCUT2D eigenvalue weighted by atomic mass is 16.2. The van der Waals surface area contributed by atoms with E-state index in [0.717, 1.165) is 25.9 Å². The Morgan fingerprint density at radius 3 is 2.68 bits per heavy atom. The van der Waals surface area contributed by atoms with Crippen LogP contribution in [0, 0.1) is 0 Å². The Bertz CT molecular complexity index is 466. The van der Waals surface area contributed by atoms with Crippen molar-refractivity contribution >= 4 is 6.03 Å². The predicted octanol–water partition coefficient (Wildman–Crippen LogP) is 1.81. The van der Waals surface area contributed by atoms with Gasteiger partial charge < -0.3 is 16.0 Å². The van der Waals surface area contributed by atoms with Crippen molar-refractivity contribution in [3.63, 3.8) is 0 Å². The minimum absolute atomic E-state index is 0.287. The third-order valence-corrected chi connectivity index (χ3v) is 4.38. The lowest BCUT2D eigenvalue weighted by atomic mass is 10.0. The van der Waals surface area contributed by atoms with Crippen LogP contribution < -0.4 is 11.1 Å². The van der Waals surface area contributed by atoms with Crippen LogP contribution in [0.25, 0.3) is 0 Å². The van der Waals surface area contributed by atoms with E-state index in [9.17, 15) is 4.79 Å². The summed E-state index contributed by atoms with van der Waals surface area (Å²) >= 11 is 0. The van der Waals surface area contributed by atoms with Gasteiger partial charge in [0.15, 0.2) is 0 Å². The molecule has 0 aromatic heterocycles. The monoisotopic (exact) mass is 259 g/mol. The lowest BCUT2D eigenvalue weighted by Gasteiger charge is -2.33. The third kappa shape index (κ3) is 2.59. The van der Waals surface area contributed by atoms with Gasteiger partial charge in [-0.3, -0.25) is 0 Å². The lowest BCUT2D eigenvalue weighted by Crippen LogP contribution is -2.47. The number of rotatable bonds is 2. The van der Waals surface area contributed by atoms with Gasteiger partial charge in [-0.05, 0) is 36.8 Å². The number of urea groups is 1. The quantitative estimate of drug-likeness (QED) is 0.851. The minimum atomic E-state index is -0.287. The summed E-state index contributed by atoms with van der Waals surface area (Å²) in [6.07, 6.45) is 4.37. The molecule has 4 heteroatoms. The van der Waals surface area contributed by atoms with Gasteiger partial charge in [0, 0.05) is 25.2 Å².